The molecule has 0 saturated carbocycles. The Morgan fingerprint density at radius 1 is 0.905 bits per heavy atom. The zero-order valence-corrected chi connectivity index (χ0v) is 37.3. The molecule has 1 fully saturated rings. The van der Waals surface area contributed by atoms with Crippen molar-refractivity contribution in [2.24, 2.45) is 0 Å². The first-order valence-electron chi connectivity index (χ1n) is 21.0. The predicted octanol–water partition coefficient (Wildman–Crippen LogP) is 0.224. The van der Waals surface area contributed by atoms with Gasteiger partial charge in [-0.15, -0.1) is 0 Å². The van der Waals surface area contributed by atoms with Crippen LogP contribution < -0.4 is 26.1 Å². The molecule has 1 saturated heterocycles. The second-order valence-corrected chi connectivity index (χ2v) is 17.6. The lowest BCUT2D eigenvalue weighted by Crippen LogP contribution is -2.48. The largest absolute Gasteiger partial charge is 0.381 e. The van der Waals surface area contributed by atoms with Crippen LogP contribution >= 0.6 is 0 Å². The predicted molar refractivity (Wildman–Crippen MR) is 239 cm³/mol. The number of hydrogen-bond acceptors (Lipinski definition) is 14. The molecule has 0 spiro atoms. The van der Waals surface area contributed by atoms with Gasteiger partial charge in [-0.25, -0.2) is 13.4 Å². The number of imidazole rings is 1. The highest BCUT2D eigenvalue weighted by Crippen LogP contribution is 2.22. The Bertz CT molecular complexity index is 2330. The topological polar surface area (TPSA) is 238 Å². The number of aromatic amines is 1. The monoisotopic (exact) mass is 891 g/mol. The fourth-order valence-electron chi connectivity index (χ4n) is 7.57. The van der Waals surface area contributed by atoms with Gasteiger partial charge >= 0.3 is 0 Å². The number of ketones is 1. The standard InChI is InChI=1S/C43H61N11O8S/c1-30-21-31(2)41(32(3)22-30)63(61,62)49-37(33(4)57)25-47-42(60)36-26-54(38-23-34(7-8-35(38)40(36)59)24-48-43-45-10-11-46-43)12-6-9-44-39(58)27-51-15-13-50(5)14-16-52(28-55)19-20-53(29-56)18-17-51/h5,7-8,10-11,21-23,26,37,49,55-56H,6,9,12-20,24-25,27-29H2,1-4H3,(H,44,58)(H,47,60)(H2,45,46,48). The first kappa shape index (κ1) is 49.0. The van der Waals surface area contributed by atoms with Crippen molar-refractivity contribution in [1.29, 1.82) is 0 Å². The molecule has 1 aliphatic heterocycles. The van der Waals surface area contributed by atoms with Crippen molar-refractivity contribution >= 4 is 44.5 Å². The summed E-state index contributed by atoms with van der Waals surface area (Å²) >= 11 is 0. The molecule has 19 nitrogen and oxygen atoms in total. The van der Waals surface area contributed by atoms with Crippen LogP contribution in [0.1, 0.15) is 46.0 Å². The normalized spacial score (nSPS) is 16.0. The number of nitrogens with zero attached hydrogens (tertiary/aromatic N) is 6. The number of benzene rings is 2. The van der Waals surface area contributed by atoms with E-state index >= 15 is 0 Å². The highest BCUT2D eigenvalue weighted by atomic mass is 32.2. The van der Waals surface area contributed by atoms with Crippen LogP contribution in [0.5, 0.6) is 0 Å². The molecule has 2 aromatic carbocycles. The molecule has 0 aliphatic carbocycles. The quantitative estimate of drug-likeness (QED) is 0.0663. The third-order valence-electron chi connectivity index (χ3n) is 11.0. The number of rotatable bonds is 18. The number of anilines is 1. The summed E-state index contributed by atoms with van der Waals surface area (Å²) in [5.41, 5.74) is 2.57. The van der Waals surface area contributed by atoms with E-state index in [0.717, 1.165) is 11.1 Å². The van der Waals surface area contributed by atoms with Gasteiger partial charge in [0.25, 0.3) is 5.91 Å². The van der Waals surface area contributed by atoms with E-state index in [2.05, 4.69) is 30.6 Å². The van der Waals surface area contributed by atoms with Gasteiger partial charge in [0.1, 0.15) is 11.3 Å². The molecule has 2 aromatic heterocycles. The summed E-state index contributed by atoms with van der Waals surface area (Å²) < 4.78 is 31.2. The van der Waals surface area contributed by atoms with Crippen molar-refractivity contribution in [2.45, 2.75) is 58.1 Å². The fraction of sp³-hybridized carbons (Fsp3) is 0.488. The Balaban J connectivity index is 1.29. The van der Waals surface area contributed by atoms with E-state index in [9.17, 15) is 37.8 Å². The Labute approximate surface area is 368 Å². The van der Waals surface area contributed by atoms with Crippen LogP contribution in [0.2, 0.25) is 0 Å². The number of carbonyl (C=O) groups is 3. The average molecular weight is 892 g/mol. The third kappa shape index (κ3) is 14.0. The molecule has 3 heterocycles. The van der Waals surface area contributed by atoms with Crippen molar-refractivity contribution in [3.63, 3.8) is 0 Å². The van der Waals surface area contributed by atoms with Crippen LogP contribution in [0.25, 0.3) is 10.9 Å². The van der Waals surface area contributed by atoms with Crippen LogP contribution in [0, 0.1) is 27.8 Å². The molecule has 1 atom stereocenters. The van der Waals surface area contributed by atoms with E-state index in [1.54, 1.807) is 60.0 Å². The minimum absolute atomic E-state index is 0.0565. The molecule has 0 bridgehead atoms. The van der Waals surface area contributed by atoms with Crippen LogP contribution in [-0.2, 0) is 32.7 Å². The number of Topliss-reactive ketones (excluding diaryl/α,β-unsaturated/α-hetero) is 1. The van der Waals surface area contributed by atoms with Gasteiger partial charge in [0.15, 0.2) is 5.95 Å². The lowest BCUT2D eigenvalue weighted by Gasteiger charge is -2.31. The highest BCUT2D eigenvalue weighted by molar-refractivity contribution is 7.89. The maximum absolute atomic E-state index is 13.9. The van der Waals surface area contributed by atoms with Crippen LogP contribution in [0.3, 0.4) is 0 Å². The zero-order chi connectivity index (χ0) is 45.7. The lowest BCUT2D eigenvalue weighted by molar-refractivity contribution is -0.122. The van der Waals surface area contributed by atoms with Gasteiger partial charge in [0.2, 0.25) is 21.4 Å². The maximum Gasteiger partial charge on any atom is 0.256 e. The van der Waals surface area contributed by atoms with Crippen LogP contribution in [0.4, 0.5) is 5.95 Å². The second kappa shape index (κ2) is 23.0. The number of aromatic nitrogens is 3. The molecule has 7 N–H and O–H groups in total. The number of aryl methyl sites for hydroxylation is 4. The van der Waals surface area contributed by atoms with Crippen molar-refractivity contribution in [3.8, 4) is 0 Å². The highest BCUT2D eigenvalue weighted by Gasteiger charge is 2.27. The number of sulfonamides is 1. The van der Waals surface area contributed by atoms with Crippen molar-refractivity contribution in [1.82, 2.24) is 49.5 Å². The van der Waals surface area contributed by atoms with Gasteiger partial charge in [-0.1, -0.05) is 23.8 Å². The first-order chi connectivity index (χ1) is 30.1. The molecule has 2 radical (unpaired) electrons. The van der Waals surface area contributed by atoms with Crippen molar-refractivity contribution in [3.05, 3.63) is 94.0 Å². The Morgan fingerprint density at radius 2 is 1.54 bits per heavy atom. The van der Waals surface area contributed by atoms with Gasteiger partial charge in [-0.3, -0.25) is 38.8 Å². The van der Waals surface area contributed by atoms with E-state index < -0.39 is 39.7 Å². The smallest absolute Gasteiger partial charge is 0.256 e. The average Bonchev–Trinajstić information content (AvgIpc) is 3.76. The number of aliphatic hydroxyl groups excluding tert-OH is 2. The minimum atomic E-state index is -4.16. The van der Waals surface area contributed by atoms with Gasteiger partial charge in [0, 0.05) is 110 Å². The number of carbonyl (C=O) groups excluding carboxylic acids is 3. The summed E-state index contributed by atoms with van der Waals surface area (Å²) in [6, 6.07) is 7.42. The summed E-state index contributed by atoms with van der Waals surface area (Å²) in [5, 5.41) is 28.6. The Hall–Kier alpha value is -5.06. The molecule has 5 rings (SSSR count). The van der Waals surface area contributed by atoms with E-state index in [-0.39, 0.29) is 48.3 Å². The van der Waals surface area contributed by atoms with Crippen molar-refractivity contribution in [2.75, 3.05) is 90.8 Å². The van der Waals surface area contributed by atoms with Gasteiger partial charge in [-0.05, 0) is 62.9 Å². The molecule has 63 heavy (non-hydrogen) atoms. The van der Waals surface area contributed by atoms with E-state index in [0.29, 0.717) is 94.5 Å². The van der Waals surface area contributed by atoms with Crippen molar-refractivity contribution < 1.29 is 33.0 Å². The Morgan fingerprint density at radius 3 is 2.16 bits per heavy atom. The SMILES string of the molecule is [CH]N1CCN(CO)CCN(CO)CCN(CC(=O)NCCCn2cc(C(=O)NCC(NS(=O)(=O)c3c(C)cc(C)cc3C)C(C)=O)c(=O)c3ccc(CNc4ncc[nH]4)cc32)CC1. The van der Waals surface area contributed by atoms with E-state index in [1.165, 1.54) is 13.1 Å². The maximum atomic E-state index is 13.9. The molecule has 1 aliphatic rings. The number of hydrogen-bond donors (Lipinski definition) is 7. The molecular formula is C43H61N11O8S. The number of nitrogens with one attached hydrogen (secondary N) is 5. The molecule has 342 valence electrons. The van der Waals surface area contributed by atoms with Crippen LogP contribution in [0.15, 0.2) is 58.6 Å². The number of fused-ring (bicyclic) bond motifs is 1. The summed E-state index contributed by atoms with van der Waals surface area (Å²) in [4.78, 5) is 68.2. The third-order valence-corrected chi connectivity index (χ3v) is 12.8. The summed E-state index contributed by atoms with van der Waals surface area (Å²) in [7, 11) is 2.04. The number of amides is 2. The minimum Gasteiger partial charge on any atom is -0.381 e. The van der Waals surface area contributed by atoms with E-state index in [1.807, 2.05) is 27.7 Å². The second-order valence-electron chi connectivity index (χ2n) is 16.0. The molecule has 4 aromatic rings. The molecular weight excluding hydrogens is 831 g/mol. The molecule has 20 heteroatoms. The number of aliphatic hydroxyl groups is 2. The number of H-pyrrole nitrogens is 1. The Kier molecular flexibility index (Phi) is 17.9. The molecule has 1 unspecified atom stereocenters. The zero-order valence-electron chi connectivity index (χ0n) is 36.5. The van der Waals surface area contributed by atoms with Gasteiger partial charge in [-0.2, -0.15) is 4.72 Å². The summed E-state index contributed by atoms with van der Waals surface area (Å²) in [6.07, 6.45) is 5.19. The first-order valence-corrected chi connectivity index (χ1v) is 22.5. The summed E-state index contributed by atoms with van der Waals surface area (Å²) in [5.74, 6) is -0.943. The number of pyridine rings is 1. The summed E-state index contributed by atoms with van der Waals surface area (Å²) in [6.45, 7) is 11.1. The van der Waals surface area contributed by atoms with E-state index in [4.69, 9.17) is 7.05 Å². The van der Waals surface area contributed by atoms with Gasteiger partial charge < -0.3 is 35.7 Å². The molecule has 2 amide bonds. The lowest BCUT2D eigenvalue weighted by atomic mass is 10.1. The van der Waals surface area contributed by atoms with Crippen LogP contribution in [-0.4, -0.2) is 162 Å². The fourth-order valence-corrected chi connectivity index (χ4v) is 9.27. The van der Waals surface area contributed by atoms with Gasteiger partial charge in [0.05, 0.1) is 36.5 Å².